The van der Waals surface area contributed by atoms with Gasteiger partial charge in [-0.1, -0.05) is 29.8 Å². The second kappa shape index (κ2) is 8.34. The molecule has 0 aliphatic carbocycles. The molecule has 0 atom stereocenters. The average molecular weight is 485 g/mol. The highest BCUT2D eigenvalue weighted by Crippen LogP contribution is 2.38. The molecule has 1 heterocycles. The number of rotatable bonds is 5. The largest absolute Gasteiger partial charge is 0.493 e. The number of halogens is 2. The first-order valence-corrected chi connectivity index (χ1v) is 10.1. The predicted octanol–water partition coefficient (Wildman–Crippen LogP) is 6.34. The van der Waals surface area contributed by atoms with Crippen molar-refractivity contribution in [2.24, 2.45) is 0 Å². The fraction of sp³-hybridized carbons (Fsp3) is 0.0435. The zero-order valence-electron chi connectivity index (χ0n) is 15.7. The van der Waals surface area contributed by atoms with Gasteiger partial charge in [0.05, 0.1) is 18.4 Å². The monoisotopic (exact) mass is 483 g/mol. The molecule has 1 amide bonds. The van der Waals surface area contributed by atoms with E-state index in [2.05, 4.69) is 21.2 Å². The molecule has 1 aromatic heterocycles. The summed E-state index contributed by atoms with van der Waals surface area (Å²) in [4.78, 5) is 26.1. The van der Waals surface area contributed by atoms with Crippen molar-refractivity contribution in [1.29, 1.82) is 0 Å². The number of methoxy groups -OCH3 is 1. The molecule has 4 rings (SSSR count). The van der Waals surface area contributed by atoms with Crippen LogP contribution in [-0.2, 0) is 0 Å². The predicted molar refractivity (Wildman–Crippen MR) is 120 cm³/mol. The van der Waals surface area contributed by atoms with Gasteiger partial charge in [0.2, 0.25) is 5.78 Å². The molecule has 0 unspecified atom stereocenters. The summed E-state index contributed by atoms with van der Waals surface area (Å²) in [5.74, 6) is -0.290. The number of ketones is 1. The normalized spacial score (nSPS) is 10.8. The first-order chi connectivity index (χ1) is 14.5. The van der Waals surface area contributed by atoms with Gasteiger partial charge in [0.15, 0.2) is 17.1 Å². The molecule has 7 heteroatoms. The maximum Gasteiger partial charge on any atom is 0.256 e. The molecule has 5 nitrogen and oxygen atoms in total. The Hall–Kier alpha value is -3.09. The molecular formula is C23H15BrClNO4. The smallest absolute Gasteiger partial charge is 0.256 e. The van der Waals surface area contributed by atoms with Crippen LogP contribution >= 0.6 is 27.5 Å². The summed E-state index contributed by atoms with van der Waals surface area (Å²) >= 11 is 9.32. The van der Waals surface area contributed by atoms with E-state index in [1.165, 1.54) is 7.11 Å². The second-order valence-corrected chi connectivity index (χ2v) is 7.70. The van der Waals surface area contributed by atoms with E-state index in [0.29, 0.717) is 37.3 Å². The average Bonchev–Trinajstić information content (AvgIpc) is 3.12. The Morgan fingerprint density at radius 2 is 1.73 bits per heavy atom. The van der Waals surface area contributed by atoms with Gasteiger partial charge in [0, 0.05) is 20.4 Å². The van der Waals surface area contributed by atoms with Crippen LogP contribution < -0.4 is 10.1 Å². The minimum Gasteiger partial charge on any atom is -0.493 e. The standard InChI is InChI=1S/C23H15BrClNO4/c1-29-18-8-4-6-16-19(26-23(28)15-5-2-3-7-17(15)24)22(30-21(16)18)20(27)13-9-11-14(25)12-10-13/h2-12H,1H3,(H,26,28). The Labute approximate surface area is 185 Å². The van der Waals surface area contributed by atoms with E-state index in [4.69, 9.17) is 20.8 Å². The van der Waals surface area contributed by atoms with Gasteiger partial charge in [-0.3, -0.25) is 9.59 Å². The van der Waals surface area contributed by atoms with E-state index in [-0.39, 0.29) is 23.1 Å². The van der Waals surface area contributed by atoms with Crippen molar-refractivity contribution in [3.63, 3.8) is 0 Å². The SMILES string of the molecule is COc1cccc2c(NC(=O)c3ccccc3Br)c(C(=O)c3ccc(Cl)cc3)oc12. The maximum atomic E-state index is 13.2. The highest BCUT2D eigenvalue weighted by molar-refractivity contribution is 9.10. The summed E-state index contributed by atoms with van der Waals surface area (Å²) in [5.41, 5.74) is 1.47. The number of hydrogen-bond donors (Lipinski definition) is 1. The van der Waals surface area contributed by atoms with E-state index in [1.807, 2.05) is 6.07 Å². The number of fused-ring (bicyclic) bond motifs is 1. The van der Waals surface area contributed by atoms with Crippen LogP contribution in [0, 0.1) is 0 Å². The minimum atomic E-state index is -0.382. The number of carbonyl (C=O) groups excluding carboxylic acids is 2. The Bertz CT molecular complexity index is 1260. The van der Waals surface area contributed by atoms with E-state index in [1.54, 1.807) is 60.7 Å². The van der Waals surface area contributed by atoms with Crippen LogP contribution in [0.3, 0.4) is 0 Å². The highest BCUT2D eigenvalue weighted by Gasteiger charge is 2.25. The summed E-state index contributed by atoms with van der Waals surface area (Å²) < 4.78 is 11.9. The van der Waals surface area contributed by atoms with Crippen LogP contribution in [0.5, 0.6) is 5.75 Å². The number of anilines is 1. The first kappa shape index (κ1) is 20.2. The van der Waals surface area contributed by atoms with Crippen LogP contribution in [-0.4, -0.2) is 18.8 Å². The molecule has 0 saturated heterocycles. The Morgan fingerprint density at radius 1 is 1.00 bits per heavy atom. The Balaban J connectivity index is 1.85. The third kappa shape index (κ3) is 3.72. The molecule has 150 valence electrons. The van der Waals surface area contributed by atoms with Crippen molar-refractivity contribution in [3.05, 3.63) is 93.1 Å². The van der Waals surface area contributed by atoms with Crippen molar-refractivity contribution in [2.75, 3.05) is 12.4 Å². The minimum absolute atomic E-state index is 0.0113. The topological polar surface area (TPSA) is 68.5 Å². The van der Waals surface area contributed by atoms with Crippen molar-refractivity contribution in [2.45, 2.75) is 0 Å². The van der Waals surface area contributed by atoms with E-state index >= 15 is 0 Å². The number of furan rings is 1. The molecule has 0 fully saturated rings. The quantitative estimate of drug-likeness (QED) is 0.336. The Morgan fingerprint density at radius 3 is 2.43 bits per heavy atom. The Kier molecular flexibility index (Phi) is 5.61. The zero-order valence-corrected chi connectivity index (χ0v) is 18.1. The number of para-hydroxylation sites is 1. The zero-order chi connectivity index (χ0) is 21.3. The second-order valence-electron chi connectivity index (χ2n) is 6.41. The van der Waals surface area contributed by atoms with Crippen LogP contribution in [0.25, 0.3) is 11.0 Å². The number of ether oxygens (including phenoxy) is 1. The van der Waals surface area contributed by atoms with Crippen LogP contribution in [0.15, 0.2) is 75.6 Å². The summed E-state index contributed by atoms with van der Waals surface area (Å²) in [5, 5.41) is 3.92. The van der Waals surface area contributed by atoms with Gasteiger partial charge in [-0.05, 0) is 64.5 Å². The summed E-state index contributed by atoms with van der Waals surface area (Å²) in [6, 6.07) is 18.7. The third-order valence-electron chi connectivity index (χ3n) is 4.57. The van der Waals surface area contributed by atoms with E-state index in [9.17, 15) is 9.59 Å². The number of amides is 1. The summed E-state index contributed by atoms with van der Waals surface area (Å²) in [7, 11) is 1.51. The maximum absolute atomic E-state index is 13.2. The lowest BCUT2D eigenvalue weighted by molar-refractivity contribution is 0.101. The fourth-order valence-electron chi connectivity index (χ4n) is 3.10. The van der Waals surface area contributed by atoms with Crippen molar-refractivity contribution >= 4 is 55.9 Å². The molecular weight excluding hydrogens is 470 g/mol. The fourth-order valence-corrected chi connectivity index (χ4v) is 3.69. The van der Waals surface area contributed by atoms with E-state index in [0.717, 1.165) is 0 Å². The lowest BCUT2D eigenvalue weighted by Crippen LogP contribution is -2.14. The molecule has 1 N–H and O–H groups in total. The highest BCUT2D eigenvalue weighted by atomic mass is 79.9. The van der Waals surface area contributed by atoms with Gasteiger partial charge >= 0.3 is 0 Å². The molecule has 4 aromatic rings. The molecule has 0 aliphatic rings. The number of nitrogens with one attached hydrogen (secondary N) is 1. The van der Waals surface area contributed by atoms with Crippen LogP contribution in [0.2, 0.25) is 5.02 Å². The van der Waals surface area contributed by atoms with E-state index < -0.39 is 0 Å². The van der Waals surface area contributed by atoms with Crippen molar-refractivity contribution < 1.29 is 18.7 Å². The molecule has 0 spiro atoms. The van der Waals surface area contributed by atoms with Crippen molar-refractivity contribution in [3.8, 4) is 5.75 Å². The molecule has 0 saturated carbocycles. The van der Waals surface area contributed by atoms with Gasteiger partial charge in [0.1, 0.15) is 0 Å². The lowest BCUT2D eigenvalue weighted by Gasteiger charge is -2.08. The molecule has 0 aliphatic heterocycles. The molecule has 30 heavy (non-hydrogen) atoms. The van der Waals surface area contributed by atoms with Crippen molar-refractivity contribution in [1.82, 2.24) is 0 Å². The van der Waals surface area contributed by atoms with Gasteiger partial charge in [-0.2, -0.15) is 0 Å². The van der Waals surface area contributed by atoms with Gasteiger partial charge in [-0.25, -0.2) is 0 Å². The van der Waals surface area contributed by atoms with Gasteiger partial charge in [-0.15, -0.1) is 0 Å². The van der Waals surface area contributed by atoms with Crippen LogP contribution in [0.4, 0.5) is 5.69 Å². The number of benzene rings is 3. The van der Waals surface area contributed by atoms with Crippen LogP contribution in [0.1, 0.15) is 26.5 Å². The molecule has 0 bridgehead atoms. The third-order valence-corrected chi connectivity index (χ3v) is 5.51. The molecule has 0 radical (unpaired) electrons. The number of hydrogen-bond acceptors (Lipinski definition) is 4. The van der Waals surface area contributed by atoms with Gasteiger partial charge < -0.3 is 14.5 Å². The van der Waals surface area contributed by atoms with Gasteiger partial charge in [0.25, 0.3) is 5.91 Å². The summed E-state index contributed by atoms with van der Waals surface area (Å²) in [6.45, 7) is 0. The first-order valence-electron chi connectivity index (χ1n) is 8.95. The summed E-state index contributed by atoms with van der Waals surface area (Å²) in [6.07, 6.45) is 0. The molecule has 3 aromatic carbocycles. The number of carbonyl (C=O) groups is 2. The lowest BCUT2D eigenvalue weighted by atomic mass is 10.1.